The molecule has 0 aliphatic carbocycles. The number of ether oxygens (including phenoxy) is 1. The number of amides is 2. The Morgan fingerprint density at radius 1 is 1.31 bits per heavy atom. The van der Waals surface area contributed by atoms with Gasteiger partial charge in [-0.3, -0.25) is 9.59 Å². The molecule has 0 heterocycles. The molecule has 0 fully saturated rings. The molecule has 1 atom stereocenters. The maximum absolute atomic E-state index is 11.5. The van der Waals surface area contributed by atoms with Crippen LogP contribution in [0.5, 0.6) is 0 Å². The molecule has 0 saturated heterocycles. The van der Waals surface area contributed by atoms with Gasteiger partial charge in [-0.2, -0.15) is 0 Å². The normalized spacial score (nSPS) is 13.1. The topological polar surface area (TPSA) is 67.4 Å². The van der Waals surface area contributed by atoms with Crippen molar-refractivity contribution in [3.8, 4) is 0 Å². The highest BCUT2D eigenvalue weighted by Crippen LogP contribution is 2.11. The lowest BCUT2D eigenvalue weighted by Gasteiger charge is -2.18. The first-order valence-electron chi connectivity index (χ1n) is 5.34. The number of carbonyl (C=O) groups is 2. The molecule has 0 spiro atoms. The highest BCUT2D eigenvalue weighted by atomic mass is 16.5. The number of nitrogens with one attached hydrogen (secondary N) is 2. The van der Waals surface area contributed by atoms with E-state index in [2.05, 4.69) is 10.6 Å². The van der Waals surface area contributed by atoms with Gasteiger partial charge in [-0.05, 0) is 6.92 Å². The van der Waals surface area contributed by atoms with Gasteiger partial charge in [-0.1, -0.05) is 20.8 Å². The van der Waals surface area contributed by atoms with E-state index in [1.54, 1.807) is 27.9 Å². The smallest absolute Gasteiger partial charge is 0.239 e. The molecule has 0 aromatic heterocycles. The molecule has 0 radical (unpaired) electrons. The van der Waals surface area contributed by atoms with Gasteiger partial charge in [0.1, 0.15) is 0 Å². The second kappa shape index (κ2) is 6.48. The molecule has 0 aromatic rings. The monoisotopic (exact) mass is 230 g/mol. The number of carbonyl (C=O) groups excluding carboxylic acids is 2. The molecule has 94 valence electrons. The molecule has 0 aliphatic rings. The average molecular weight is 230 g/mol. The van der Waals surface area contributed by atoms with Gasteiger partial charge in [0.15, 0.2) is 0 Å². The number of rotatable bonds is 5. The molecule has 0 saturated carbocycles. The van der Waals surface area contributed by atoms with Gasteiger partial charge in [-0.15, -0.1) is 0 Å². The van der Waals surface area contributed by atoms with E-state index in [-0.39, 0.29) is 24.4 Å². The summed E-state index contributed by atoms with van der Waals surface area (Å²) in [4.78, 5) is 22.8. The van der Waals surface area contributed by atoms with Gasteiger partial charge in [0, 0.05) is 18.6 Å². The van der Waals surface area contributed by atoms with Crippen LogP contribution in [0, 0.1) is 5.41 Å². The molecule has 1 unspecified atom stereocenters. The predicted molar refractivity (Wildman–Crippen MR) is 61.9 cm³/mol. The Bertz CT molecular complexity index is 246. The largest absolute Gasteiger partial charge is 0.383 e. The Morgan fingerprint density at radius 2 is 1.88 bits per heavy atom. The lowest BCUT2D eigenvalue weighted by molar-refractivity contribution is -0.131. The lowest BCUT2D eigenvalue weighted by atomic mass is 9.96. The summed E-state index contributed by atoms with van der Waals surface area (Å²) in [7, 11) is 1.57. The molecule has 0 rings (SSSR count). The van der Waals surface area contributed by atoms with E-state index in [0.717, 1.165) is 0 Å². The van der Waals surface area contributed by atoms with Crippen molar-refractivity contribution in [3.63, 3.8) is 0 Å². The van der Waals surface area contributed by atoms with Crippen LogP contribution in [0.25, 0.3) is 0 Å². The van der Waals surface area contributed by atoms with E-state index in [1.165, 1.54) is 0 Å². The highest BCUT2D eigenvalue weighted by molar-refractivity contribution is 5.87. The standard InChI is InChI=1S/C11H22N2O3/c1-8(7-16-5)13-9(14)6-12-10(15)11(2,3)4/h8H,6-7H2,1-5H3,(H,12,15)(H,13,14). The van der Waals surface area contributed by atoms with E-state index < -0.39 is 5.41 Å². The fourth-order valence-electron chi connectivity index (χ4n) is 1.04. The van der Waals surface area contributed by atoms with E-state index >= 15 is 0 Å². The third-order valence-electron chi connectivity index (χ3n) is 1.91. The second-order valence-corrected chi connectivity index (χ2v) is 4.86. The van der Waals surface area contributed by atoms with Crippen molar-refractivity contribution in [3.05, 3.63) is 0 Å². The molecule has 5 heteroatoms. The van der Waals surface area contributed by atoms with Crippen LogP contribution < -0.4 is 10.6 Å². The summed E-state index contributed by atoms with van der Waals surface area (Å²) in [6.07, 6.45) is 0. The van der Waals surface area contributed by atoms with E-state index in [0.29, 0.717) is 6.61 Å². The Kier molecular flexibility index (Phi) is 6.03. The summed E-state index contributed by atoms with van der Waals surface area (Å²) in [5.74, 6) is -0.343. The van der Waals surface area contributed by atoms with Crippen molar-refractivity contribution in [2.24, 2.45) is 5.41 Å². The minimum Gasteiger partial charge on any atom is -0.383 e. The van der Waals surface area contributed by atoms with Crippen molar-refractivity contribution in [1.82, 2.24) is 10.6 Å². The third-order valence-corrected chi connectivity index (χ3v) is 1.91. The van der Waals surface area contributed by atoms with E-state index in [1.807, 2.05) is 6.92 Å². The first-order chi connectivity index (χ1) is 7.27. The predicted octanol–water partition coefficient (Wildman–Crippen LogP) is 0.300. The molecular weight excluding hydrogens is 208 g/mol. The fraction of sp³-hybridized carbons (Fsp3) is 0.818. The van der Waals surface area contributed by atoms with Crippen molar-refractivity contribution in [2.75, 3.05) is 20.3 Å². The summed E-state index contributed by atoms with van der Waals surface area (Å²) in [5, 5.41) is 5.29. The number of hydrogen-bond acceptors (Lipinski definition) is 3. The van der Waals surface area contributed by atoms with Crippen LogP contribution in [0.2, 0.25) is 0 Å². The molecule has 2 amide bonds. The Labute approximate surface area is 96.9 Å². The Balaban J connectivity index is 3.86. The summed E-state index contributed by atoms with van der Waals surface area (Å²) < 4.78 is 4.88. The molecule has 0 aliphatic heterocycles. The van der Waals surface area contributed by atoms with Gasteiger partial charge in [-0.25, -0.2) is 0 Å². The van der Waals surface area contributed by atoms with Crippen LogP contribution in [0.15, 0.2) is 0 Å². The number of hydrogen-bond donors (Lipinski definition) is 2. The summed E-state index contributed by atoms with van der Waals surface area (Å²) >= 11 is 0. The van der Waals surface area contributed by atoms with Crippen molar-refractivity contribution < 1.29 is 14.3 Å². The SMILES string of the molecule is COCC(C)NC(=O)CNC(=O)C(C)(C)C. The van der Waals surface area contributed by atoms with Crippen LogP contribution in [-0.4, -0.2) is 38.1 Å². The van der Waals surface area contributed by atoms with Crippen molar-refractivity contribution in [1.29, 1.82) is 0 Å². The molecule has 16 heavy (non-hydrogen) atoms. The summed E-state index contributed by atoms with van der Waals surface area (Å²) in [5.41, 5.74) is -0.474. The summed E-state index contributed by atoms with van der Waals surface area (Å²) in [6.45, 7) is 7.70. The van der Waals surface area contributed by atoms with Crippen LogP contribution in [-0.2, 0) is 14.3 Å². The average Bonchev–Trinajstić information content (AvgIpc) is 2.12. The van der Waals surface area contributed by atoms with Crippen LogP contribution in [0.4, 0.5) is 0 Å². The van der Waals surface area contributed by atoms with Crippen molar-refractivity contribution in [2.45, 2.75) is 33.7 Å². The first kappa shape index (κ1) is 14.9. The zero-order valence-electron chi connectivity index (χ0n) is 10.7. The van der Waals surface area contributed by atoms with Crippen molar-refractivity contribution >= 4 is 11.8 Å². The Morgan fingerprint density at radius 3 is 2.31 bits per heavy atom. The van der Waals surface area contributed by atoms with Crippen LogP contribution in [0.3, 0.4) is 0 Å². The molecular formula is C11H22N2O3. The summed E-state index contributed by atoms with van der Waals surface area (Å²) in [6, 6.07) is -0.0518. The minimum atomic E-state index is -0.474. The van der Waals surface area contributed by atoms with Gasteiger partial charge < -0.3 is 15.4 Å². The third kappa shape index (κ3) is 6.40. The maximum atomic E-state index is 11.5. The molecule has 5 nitrogen and oxygen atoms in total. The highest BCUT2D eigenvalue weighted by Gasteiger charge is 2.21. The molecule has 0 bridgehead atoms. The van der Waals surface area contributed by atoms with Gasteiger partial charge >= 0.3 is 0 Å². The lowest BCUT2D eigenvalue weighted by Crippen LogP contribution is -2.44. The Hall–Kier alpha value is -1.10. The second-order valence-electron chi connectivity index (χ2n) is 4.86. The first-order valence-corrected chi connectivity index (χ1v) is 5.34. The van der Waals surface area contributed by atoms with Crippen LogP contribution in [0.1, 0.15) is 27.7 Å². The minimum absolute atomic E-state index is 0.00412. The van der Waals surface area contributed by atoms with E-state index in [4.69, 9.17) is 4.74 Å². The van der Waals surface area contributed by atoms with Crippen LogP contribution >= 0.6 is 0 Å². The van der Waals surface area contributed by atoms with E-state index in [9.17, 15) is 9.59 Å². The quantitative estimate of drug-likeness (QED) is 0.714. The zero-order valence-corrected chi connectivity index (χ0v) is 10.7. The zero-order chi connectivity index (χ0) is 12.8. The number of methoxy groups -OCH3 is 1. The van der Waals surface area contributed by atoms with Gasteiger partial charge in [0.2, 0.25) is 11.8 Å². The van der Waals surface area contributed by atoms with Gasteiger partial charge in [0.25, 0.3) is 0 Å². The fourth-order valence-corrected chi connectivity index (χ4v) is 1.04. The van der Waals surface area contributed by atoms with Gasteiger partial charge in [0.05, 0.1) is 13.2 Å². The maximum Gasteiger partial charge on any atom is 0.239 e. The molecule has 2 N–H and O–H groups in total. The molecule has 0 aromatic carbocycles.